The van der Waals surface area contributed by atoms with E-state index in [0.717, 1.165) is 11.1 Å². The molecule has 0 aliphatic carbocycles. The summed E-state index contributed by atoms with van der Waals surface area (Å²) in [6.45, 7) is 19.3. The number of hydrogen-bond acceptors (Lipinski definition) is 1. The Hall–Kier alpha value is -1.44. The van der Waals surface area contributed by atoms with E-state index in [9.17, 15) is 0 Å². The first-order valence-corrected chi connectivity index (χ1v) is 5.00. The van der Waals surface area contributed by atoms with Gasteiger partial charge in [-0.2, -0.15) is 0 Å². The number of nitrogens with zero attached hydrogens (tertiary/aromatic N) is 2. The fraction of sp³-hybridized carbons (Fsp3) is 0.385. The van der Waals surface area contributed by atoms with Crippen molar-refractivity contribution in [3.63, 3.8) is 0 Å². The van der Waals surface area contributed by atoms with Gasteiger partial charge in [0.05, 0.1) is 5.70 Å². The molecule has 0 aromatic carbocycles. The Bertz CT molecular complexity index is 330. The smallest absolute Gasteiger partial charge is 0.130 e. The van der Waals surface area contributed by atoms with Crippen molar-refractivity contribution in [3.8, 4) is 0 Å². The number of rotatable bonds is 4. The minimum atomic E-state index is 0.248. The molecule has 0 aromatic heterocycles. The highest BCUT2D eigenvalue weighted by molar-refractivity contribution is 5.89. The molecule has 0 aromatic rings. The average molecular weight is 204 g/mol. The highest BCUT2D eigenvalue weighted by atomic mass is 14.9. The highest BCUT2D eigenvalue weighted by Gasteiger charge is 2.05. The van der Waals surface area contributed by atoms with Gasteiger partial charge in [-0.15, -0.1) is 0 Å². The van der Waals surface area contributed by atoms with Crippen molar-refractivity contribution in [2.45, 2.75) is 27.7 Å². The Morgan fingerprint density at radius 2 is 1.80 bits per heavy atom. The number of hydrogen-bond donors (Lipinski definition) is 0. The van der Waals surface area contributed by atoms with Crippen LogP contribution in [0.2, 0.25) is 0 Å². The summed E-state index contributed by atoms with van der Waals surface area (Å²) in [5, 5.41) is 0. The monoisotopic (exact) mass is 204 g/mol. The Kier molecular flexibility index (Phi) is 5.53. The van der Waals surface area contributed by atoms with Gasteiger partial charge in [-0.1, -0.05) is 33.1 Å². The molecule has 0 fully saturated rings. The average Bonchev–Trinajstić information content (AvgIpc) is 2.22. The largest absolute Gasteiger partial charge is 0.249 e. The van der Waals surface area contributed by atoms with Gasteiger partial charge in [-0.3, -0.25) is 0 Å². The maximum Gasteiger partial charge on any atom is 0.130 e. The van der Waals surface area contributed by atoms with Crippen molar-refractivity contribution in [1.29, 1.82) is 0 Å². The second-order valence-corrected chi connectivity index (χ2v) is 3.68. The van der Waals surface area contributed by atoms with Crippen molar-refractivity contribution in [2.24, 2.45) is 15.9 Å². The first-order chi connectivity index (χ1) is 6.93. The van der Waals surface area contributed by atoms with Crippen LogP contribution >= 0.6 is 0 Å². The van der Waals surface area contributed by atoms with E-state index in [1.807, 2.05) is 33.8 Å². The molecule has 82 valence electrons. The summed E-state index contributed by atoms with van der Waals surface area (Å²) in [6.07, 6.45) is 1.99. The third-order valence-electron chi connectivity index (χ3n) is 2.19. The normalized spacial score (nSPS) is 12.9. The summed E-state index contributed by atoms with van der Waals surface area (Å²) in [7, 11) is 0. The Morgan fingerprint density at radius 3 is 2.13 bits per heavy atom. The van der Waals surface area contributed by atoms with E-state index in [-0.39, 0.29) is 5.92 Å². The minimum Gasteiger partial charge on any atom is -0.249 e. The Labute approximate surface area is 92.8 Å². The fourth-order valence-corrected chi connectivity index (χ4v) is 0.955. The zero-order valence-electron chi connectivity index (χ0n) is 10.2. The highest BCUT2D eigenvalue weighted by Crippen LogP contribution is 2.17. The molecule has 0 aliphatic rings. The molecule has 0 amide bonds. The second kappa shape index (κ2) is 6.12. The summed E-state index contributed by atoms with van der Waals surface area (Å²) >= 11 is 0. The zero-order valence-corrected chi connectivity index (χ0v) is 10.2. The van der Waals surface area contributed by atoms with Gasteiger partial charge in [0.2, 0.25) is 0 Å². The third kappa shape index (κ3) is 4.07. The van der Waals surface area contributed by atoms with Gasteiger partial charge < -0.3 is 0 Å². The standard InChI is InChI=1S/C13H20N2/c1-8-10(4)11(5)12(6)15-13(14-7)9(2)3/h8-9H,5-7H2,1-4H3/b10-8-,15-13?. The van der Waals surface area contributed by atoms with Gasteiger partial charge in [-0.05, 0) is 31.7 Å². The van der Waals surface area contributed by atoms with Crippen LogP contribution in [0.3, 0.4) is 0 Å². The van der Waals surface area contributed by atoms with Gasteiger partial charge in [0.1, 0.15) is 5.84 Å². The molecule has 0 bridgehead atoms. The van der Waals surface area contributed by atoms with Crippen LogP contribution in [0.1, 0.15) is 27.7 Å². The summed E-state index contributed by atoms with van der Waals surface area (Å²) in [5.41, 5.74) is 2.58. The first kappa shape index (κ1) is 13.6. The molecule has 0 heterocycles. The molecule has 0 rings (SSSR count). The van der Waals surface area contributed by atoms with Gasteiger partial charge in [0.15, 0.2) is 0 Å². The number of amidine groups is 1. The van der Waals surface area contributed by atoms with Crippen molar-refractivity contribution < 1.29 is 0 Å². The van der Waals surface area contributed by atoms with Crippen molar-refractivity contribution in [2.75, 3.05) is 0 Å². The van der Waals surface area contributed by atoms with Crippen LogP contribution < -0.4 is 0 Å². The molecule has 0 atom stereocenters. The lowest BCUT2D eigenvalue weighted by molar-refractivity contribution is 0.871. The second-order valence-electron chi connectivity index (χ2n) is 3.68. The molecule has 0 unspecified atom stereocenters. The summed E-state index contributed by atoms with van der Waals surface area (Å²) in [4.78, 5) is 8.19. The van der Waals surface area contributed by atoms with Crippen LogP contribution in [-0.2, 0) is 0 Å². The molecule has 2 heteroatoms. The van der Waals surface area contributed by atoms with Crippen LogP contribution in [0.15, 0.2) is 46.1 Å². The summed E-state index contributed by atoms with van der Waals surface area (Å²) < 4.78 is 0. The van der Waals surface area contributed by atoms with Gasteiger partial charge in [0, 0.05) is 5.92 Å². The summed E-state index contributed by atoms with van der Waals surface area (Å²) in [6, 6.07) is 0. The lowest BCUT2D eigenvalue weighted by Gasteiger charge is -2.08. The maximum atomic E-state index is 4.32. The molecule has 2 nitrogen and oxygen atoms in total. The molecule has 0 N–H and O–H groups in total. The number of allylic oxidation sites excluding steroid dienone is 2. The van der Waals surface area contributed by atoms with Crippen molar-refractivity contribution in [3.05, 3.63) is 36.1 Å². The van der Waals surface area contributed by atoms with Crippen LogP contribution in [0, 0.1) is 5.92 Å². The van der Waals surface area contributed by atoms with Gasteiger partial charge >= 0.3 is 0 Å². The molecule has 0 saturated heterocycles. The molecule has 0 spiro atoms. The fourth-order valence-electron chi connectivity index (χ4n) is 0.955. The van der Waals surface area contributed by atoms with E-state index < -0.39 is 0 Å². The maximum absolute atomic E-state index is 4.32. The lowest BCUT2D eigenvalue weighted by Crippen LogP contribution is -2.04. The van der Waals surface area contributed by atoms with Crippen molar-refractivity contribution in [1.82, 2.24) is 0 Å². The van der Waals surface area contributed by atoms with E-state index in [1.54, 1.807) is 0 Å². The minimum absolute atomic E-state index is 0.248. The Morgan fingerprint density at radius 1 is 1.27 bits per heavy atom. The van der Waals surface area contributed by atoms with Crippen LogP contribution in [0.5, 0.6) is 0 Å². The molecule has 0 saturated carbocycles. The van der Waals surface area contributed by atoms with Crippen LogP contribution in [0.25, 0.3) is 0 Å². The third-order valence-corrected chi connectivity index (χ3v) is 2.19. The molecular weight excluding hydrogens is 184 g/mol. The molecule has 0 radical (unpaired) electrons. The lowest BCUT2D eigenvalue weighted by atomic mass is 10.1. The van der Waals surface area contributed by atoms with Gasteiger partial charge in [0.25, 0.3) is 0 Å². The molecular formula is C13H20N2. The van der Waals surface area contributed by atoms with Gasteiger partial charge in [-0.25, -0.2) is 9.98 Å². The predicted octanol–water partition coefficient (Wildman–Crippen LogP) is 3.78. The first-order valence-electron chi connectivity index (χ1n) is 5.00. The zero-order chi connectivity index (χ0) is 12.0. The topological polar surface area (TPSA) is 24.7 Å². The Balaban J connectivity index is 4.89. The van der Waals surface area contributed by atoms with E-state index in [1.165, 1.54) is 0 Å². The predicted molar refractivity (Wildman–Crippen MR) is 69.5 cm³/mol. The summed E-state index contributed by atoms with van der Waals surface area (Å²) in [5.74, 6) is 0.947. The van der Waals surface area contributed by atoms with Crippen LogP contribution in [0.4, 0.5) is 0 Å². The van der Waals surface area contributed by atoms with E-state index >= 15 is 0 Å². The van der Waals surface area contributed by atoms with E-state index in [0.29, 0.717) is 11.5 Å². The quantitative estimate of drug-likeness (QED) is 0.378. The number of aliphatic imine (C=N–C) groups is 2. The SMILES string of the molecule is C=NC(=NC(=C)C(=C)/C(C)=C\C)C(C)C. The molecule has 0 aliphatic heterocycles. The van der Waals surface area contributed by atoms with Crippen LogP contribution in [-0.4, -0.2) is 12.6 Å². The molecule has 15 heavy (non-hydrogen) atoms. The van der Waals surface area contributed by atoms with E-state index in [4.69, 9.17) is 0 Å². The van der Waals surface area contributed by atoms with Crippen molar-refractivity contribution >= 4 is 12.6 Å². The van der Waals surface area contributed by atoms with E-state index in [2.05, 4.69) is 29.9 Å².